The molecule has 3 N–H and O–H groups in total. The number of amides is 1. The first-order valence-electron chi connectivity index (χ1n) is 6.36. The van der Waals surface area contributed by atoms with E-state index < -0.39 is 0 Å². The van der Waals surface area contributed by atoms with Crippen molar-refractivity contribution in [1.29, 1.82) is 0 Å². The fourth-order valence-corrected chi connectivity index (χ4v) is 2.82. The largest absolute Gasteiger partial charge is 0.330 e. The van der Waals surface area contributed by atoms with Gasteiger partial charge < -0.3 is 11.1 Å². The first-order chi connectivity index (χ1) is 9.67. The molecule has 1 amide bonds. The normalized spacial score (nSPS) is 10.0. The van der Waals surface area contributed by atoms with Crippen LogP contribution < -0.4 is 11.1 Å². The Hall–Kier alpha value is -0.950. The van der Waals surface area contributed by atoms with E-state index in [1.54, 1.807) is 0 Å². The summed E-state index contributed by atoms with van der Waals surface area (Å²) >= 11 is 4.92. The summed E-state index contributed by atoms with van der Waals surface area (Å²) in [6.07, 6.45) is 3.77. The molecule has 2 rings (SSSR count). The number of thiazole rings is 1. The molecule has 0 spiro atoms. The third kappa shape index (κ3) is 6.13. The number of hydrogen-bond acceptors (Lipinski definition) is 4. The SMILES string of the molecule is Cl.NCCCC(=O)Nc1ncc(Cc2ccc(Br)cc2)s1. The van der Waals surface area contributed by atoms with E-state index in [-0.39, 0.29) is 18.3 Å². The molecule has 1 aromatic carbocycles. The van der Waals surface area contributed by atoms with Crippen LogP contribution in [0.25, 0.3) is 0 Å². The molecule has 0 atom stereocenters. The highest BCUT2D eigenvalue weighted by Crippen LogP contribution is 2.22. The monoisotopic (exact) mass is 389 g/mol. The Morgan fingerprint density at radius 1 is 1.33 bits per heavy atom. The van der Waals surface area contributed by atoms with Gasteiger partial charge in [0.1, 0.15) is 0 Å². The van der Waals surface area contributed by atoms with Crippen molar-refractivity contribution in [1.82, 2.24) is 4.98 Å². The summed E-state index contributed by atoms with van der Waals surface area (Å²) < 4.78 is 1.07. The second kappa shape index (κ2) is 9.15. The van der Waals surface area contributed by atoms with E-state index in [4.69, 9.17) is 5.73 Å². The van der Waals surface area contributed by atoms with Gasteiger partial charge in [0.25, 0.3) is 0 Å². The van der Waals surface area contributed by atoms with E-state index in [0.717, 1.165) is 15.8 Å². The number of anilines is 1. The predicted molar refractivity (Wildman–Crippen MR) is 93.2 cm³/mol. The summed E-state index contributed by atoms with van der Waals surface area (Å²) in [6, 6.07) is 8.18. The second-order valence-electron chi connectivity index (χ2n) is 4.38. The van der Waals surface area contributed by atoms with Crippen molar-refractivity contribution in [3.05, 3.63) is 45.4 Å². The zero-order chi connectivity index (χ0) is 14.4. The average molecular weight is 391 g/mol. The Labute approximate surface area is 142 Å². The van der Waals surface area contributed by atoms with E-state index >= 15 is 0 Å². The lowest BCUT2D eigenvalue weighted by Crippen LogP contribution is -2.13. The van der Waals surface area contributed by atoms with Crippen molar-refractivity contribution < 1.29 is 4.79 Å². The topological polar surface area (TPSA) is 68.0 Å². The number of hydrogen-bond donors (Lipinski definition) is 2. The van der Waals surface area contributed by atoms with Crippen molar-refractivity contribution in [3.63, 3.8) is 0 Å². The molecule has 0 aliphatic carbocycles. The molecule has 1 aromatic heterocycles. The zero-order valence-electron chi connectivity index (χ0n) is 11.3. The fraction of sp³-hybridized carbons (Fsp3) is 0.286. The zero-order valence-corrected chi connectivity index (χ0v) is 14.6. The van der Waals surface area contributed by atoms with Crippen molar-refractivity contribution in [3.8, 4) is 0 Å². The van der Waals surface area contributed by atoms with Gasteiger partial charge in [0.15, 0.2) is 5.13 Å². The summed E-state index contributed by atoms with van der Waals surface area (Å²) in [6.45, 7) is 0.528. The fourth-order valence-electron chi connectivity index (χ4n) is 1.69. The smallest absolute Gasteiger partial charge is 0.226 e. The molecule has 0 saturated heterocycles. The number of benzene rings is 1. The molecule has 1 heterocycles. The van der Waals surface area contributed by atoms with Gasteiger partial charge >= 0.3 is 0 Å². The highest BCUT2D eigenvalue weighted by atomic mass is 79.9. The van der Waals surface area contributed by atoms with Gasteiger partial charge in [0.05, 0.1) is 0 Å². The first kappa shape index (κ1) is 18.1. The summed E-state index contributed by atoms with van der Waals surface area (Å²) in [5.41, 5.74) is 6.59. The molecule has 21 heavy (non-hydrogen) atoms. The molecule has 0 saturated carbocycles. The minimum Gasteiger partial charge on any atom is -0.330 e. The van der Waals surface area contributed by atoms with Gasteiger partial charge in [-0.25, -0.2) is 4.98 Å². The van der Waals surface area contributed by atoms with Crippen LogP contribution in [0.3, 0.4) is 0 Å². The quantitative estimate of drug-likeness (QED) is 0.792. The van der Waals surface area contributed by atoms with Crippen molar-refractivity contribution >= 4 is 50.7 Å². The maximum Gasteiger partial charge on any atom is 0.226 e. The number of nitrogens with zero attached hydrogens (tertiary/aromatic N) is 1. The molecule has 0 radical (unpaired) electrons. The van der Waals surface area contributed by atoms with Crippen LogP contribution >= 0.6 is 39.7 Å². The second-order valence-corrected chi connectivity index (χ2v) is 6.41. The Bertz CT molecular complexity index is 574. The summed E-state index contributed by atoms with van der Waals surface area (Å²) in [7, 11) is 0. The van der Waals surface area contributed by atoms with Gasteiger partial charge in [-0.1, -0.05) is 28.1 Å². The van der Waals surface area contributed by atoms with E-state index in [2.05, 4.69) is 38.4 Å². The number of carbonyl (C=O) groups excluding carboxylic acids is 1. The van der Waals surface area contributed by atoms with Gasteiger partial charge in [0, 0.05) is 28.4 Å². The van der Waals surface area contributed by atoms with Crippen LogP contribution in [-0.4, -0.2) is 17.4 Å². The van der Waals surface area contributed by atoms with Crippen LogP contribution in [0.4, 0.5) is 5.13 Å². The maximum absolute atomic E-state index is 11.6. The third-order valence-corrected chi connectivity index (χ3v) is 4.14. The highest BCUT2D eigenvalue weighted by Gasteiger charge is 2.07. The maximum atomic E-state index is 11.6. The minimum absolute atomic E-state index is 0. The lowest BCUT2D eigenvalue weighted by atomic mass is 10.1. The number of halogens is 2. The van der Waals surface area contributed by atoms with Crippen molar-refractivity contribution in [2.75, 3.05) is 11.9 Å². The van der Waals surface area contributed by atoms with Crippen molar-refractivity contribution in [2.45, 2.75) is 19.3 Å². The van der Waals surface area contributed by atoms with Crippen LogP contribution in [0.1, 0.15) is 23.3 Å². The lowest BCUT2D eigenvalue weighted by molar-refractivity contribution is -0.116. The number of nitrogens with two attached hydrogens (primary N) is 1. The number of carbonyl (C=O) groups is 1. The van der Waals surface area contributed by atoms with Gasteiger partial charge in [-0.05, 0) is 30.7 Å². The Kier molecular flexibility index (Phi) is 7.88. The van der Waals surface area contributed by atoms with Crippen LogP contribution in [0.15, 0.2) is 34.9 Å². The Balaban J connectivity index is 0.00000220. The van der Waals surface area contributed by atoms with E-state index in [1.807, 2.05) is 18.3 Å². The first-order valence-corrected chi connectivity index (χ1v) is 7.97. The molecule has 0 bridgehead atoms. The molecule has 4 nitrogen and oxygen atoms in total. The number of aromatic nitrogens is 1. The van der Waals surface area contributed by atoms with Gasteiger partial charge in [0.2, 0.25) is 5.91 Å². The highest BCUT2D eigenvalue weighted by molar-refractivity contribution is 9.10. The predicted octanol–water partition coefficient (Wildman–Crippen LogP) is 3.60. The summed E-state index contributed by atoms with van der Waals surface area (Å²) in [5, 5.41) is 3.45. The summed E-state index contributed by atoms with van der Waals surface area (Å²) in [5.74, 6) is -0.0278. The van der Waals surface area contributed by atoms with Crippen LogP contribution in [-0.2, 0) is 11.2 Å². The van der Waals surface area contributed by atoms with E-state index in [9.17, 15) is 4.79 Å². The molecule has 0 unspecified atom stereocenters. The Morgan fingerprint density at radius 3 is 2.71 bits per heavy atom. The van der Waals surface area contributed by atoms with E-state index in [1.165, 1.54) is 16.9 Å². The van der Waals surface area contributed by atoms with Gasteiger partial charge in [-0.2, -0.15) is 0 Å². The lowest BCUT2D eigenvalue weighted by Gasteiger charge is -2.00. The molecule has 7 heteroatoms. The molecule has 0 fully saturated rings. The van der Waals surface area contributed by atoms with Crippen LogP contribution in [0.2, 0.25) is 0 Å². The molecular formula is C14H17BrClN3OS. The van der Waals surface area contributed by atoms with Crippen LogP contribution in [0, 0.1) is 0 Å². The van der Waals surface area contributed by atoms with E-state index in [0.29, 0.717) is 24.5 Å². The van der Waals surface area contributed by atoms with Crippen molar-refractivity contribution in [2.24, 2.45) is 5.73 Å². The average Bonchev–Trinajstić information content (AvgIpc) is 2.86. The third-order valence-electron chi connectivity index (χ3n) is 2.70. The standard InChI is InChI=1S/C14H16BrN3OS.ClH/c15-11-5-3-10(4-6-11)8-12-9-17-14(20-12)18-13(19)2-1-7-16;/h3-6,9H,1-2,7-8,16H2,(H,17,18,19);1H. The molecule has 0 aliphatic rings. The summed E-state index contributed by atoms with van der Waals surface area (Å²) in [4.78, 5) is 16.9. The molecule has 0 aliphatic heterocycles. The molecular weight excluding hydrogens is 374 g/mol. The molecule has 114 valence electrons. The van der Waals surface area contributed by atoms with Gasteiger partial charge in [-0.15, -0.1) is 23.7 Å². The van der Waals surface area contributed by atoms with Crippen LogP contribution in [0.5, 0.6) is 0 Å². The minimum atomic E-state index is -0.0278. The molecule has 2 aromatic rings. The Morgan fingerprint density at radius 2 is 2.05 bits per heavy atom. The number of rotatable bonds is 6. The van der Waals surface area contributed by atoms with Gasteiger partial charge in [-0.3, -0.25) is 4.79 Å². The number of nitrogens with one attached hydrogen (secondary N) is 1.